The lowest BCUT2D eigenvalue weighted by Gasteiger charge is -2.18. The van der Waals surface area contributed by atoms with Crippen molar-refractivity contribution in [3.63, 3.8) is 0 Å². The molecule has 1 aromatic rings. The van der Waals surface area contributed by atoms with E-state index in [1.165, 1.54) is 31.2 Å². The lowest BCUT2D eigenvalue weighted by Crippen LogP contribution is -2.26. The number of hydrogen-bond donors (Lipinski definition) is 1. The number of halogens is 1. The second-order valence-electron chi connectivity index (χ2n) is 5.83. The molecule has 0 aliphatic heterocycles. The Morgan fingerprint density at radius 3 is 2.80 bits per heavy atom. The normalized spacial score (nSPS) is 16.3. The van der Waals surface area contributed by atoms with Crippen molar-refractivity contribution in [3.8, 4) is 0 Å². The van der Waals surface area contributed by atoms with Gasteiger partial charge in [-0.25, -0.2) is 0 Å². The van der Waals surface area contributed by atoms with Gasteiger partial charge in [0, 0.05) is 24.8 Å². The van der Waals surface area contributed by atoms with Crippen LogP contribution in [0.25, 0.3) is 0 Å². The Labute approximate surface area is 127 Å². The SMILES string of the molecule is COCCCCC(CNC1CC1)Cc1ccccc1Cl. The fourth-order valence-electron chi connectivity index (χ4n) is 2.55. The third-order valence-electron chi connectivity index (χ3n) is 3.95. The highest BCUT2D eigenvalue weighted by Gasteiger charge is 2.22. The van der Waals surface area contributed by atoms with Crippen molar-refractivity contribution >= 4 is 11.6 Å². The molecule has 0 amide bonds. The summed E-state index contributed by atoms with van der Waals surface area (Å²) >= 11 is 6.29. The molecule has 2 nitrogen and oxygen atoms in total. The lowest BCUT2D eigenvalue weighted by atomic mass is 9.94. The Morgan fingerprint density at radius 1 is 1.30 bits per heavy atom. The molecule has 1 saturated carbocycles. The van der Waals surface area contributed by atoms with Gasteiger partial charge in [-0.05, 0) is 56.2 Å². The third-order valence-corrected chi connectivity index (χ3v) is 4.32. The van der Waals surface area contributed by atoms with Crippen molar-refractivity contribution < 1.29 is 4.74 Å². The zero-order valence-electron chi connectivity index (χ0n) is 12.4. The summed E-state index contributed by atoms with van der Waals surface area (Å²) in [5.74, 6) is 0.673. The number of rotatable bonds is 10. The first-order valence-corrected chi connectivity index (χ1v) is 8.13. The van der Waals surface area contributed by atoms with Gasteiger partial charge in [0.25, 0.3) is 0 Å². The minimum atomic E-state index is 0.673. The van der Waals surface area contributed by atoms with E-state index in [1.807, 2.05) is 12.1 Å². The van der Waals surface area contributed by atoms with Crippen LogP contribution < -0.4 is 5.32 Å². The monoisotopic (exact) mass is 295 g/mol. The zero-order valence-corrected chi connectivity index (χ0v) is 13.2. The molecule has 0 radical (unpaired) electrons. The van der Waals surface area contributed by atoms with Gasteiger partial charge in [0.2, 0.25) is 0 Å². The number of hydrogen-bond acceptors (Lipinski definition) is 2. The van der Waals surface area contributed by atoms with Crippen molar-refractivity contribution in [1.82, 2.24) is 5.32 Å². The maximum absolute atomic E-state index is 6.29. The van der Waals surface area contributed by atoms with E-state index in [9.17, 15) is 0 Å². The largest absolute Gasteiger partial charge is 0.385 e. The molecule has 0 bridgehead atoms. The molecule has 1 N–H and O–H groups in total. The average molecular weight is 296 g/mol. The molecule has 0 aromatic heterocycles. The third kappa shape index (κ3) is 5.82. The highest BCUT2D eigenvalue weighted by Crippen LogP contribution is 2.23. The van der Waals surface area contributed by atoms with Crippen molar-refractivity contribution in [2.75, 3.05) is 20.3 Å². The molecule has 1 aliphatic rings. The van der Waals surface area contributed by atoms with E-state index in [0.717, 1.165) is 37.1 Å². The van der Waals surface area contributed by atoms with E-state index < -0.39 is 0 Å². The van der Waals surface area contributed by atoms with E-state index in [4.69, 9.17) is 16.3 Å². The Bertz CT molecular complexity index is 392. The fraction of sp³-hybridized carbons (Fsp3) is 0.647. The second kappa shape index (κ2) is 8.66. The molecule has 1 fully saturated rings. The van der Waals surface area contributed by atoms with Gasteiger partial charge < -0.3 is 10.1 Å². The van der Waals surface area contributed by atoms with E-state index in [2.05, 4.69) is 17.4 Å². The predicted octanol–water partition coefficient (Wildman–Crippen LogP) is 4.07. The first-order chi connectivity index (χ1) is 9.79. The molecule has 1 unspecified atom stereocenters. The molecule has 1 atom stereocenters. The van der Waals surface area contributed by atoms with Crippen LogP contribution in [0.15, 0.2) is 24.3 Å². The van der Waals surface area contributed by atoms with Gasteiger partial charge in [0.05, 0.1) is 0 Å². The number of nitrogens with one attached hydrogen (secondary N) is 1. The summed E-state index contributed by atoms with van der Waals surface area (Å²) in [5, 5.41) is 4.57. The molecule has 0 saturated heterocycles. The summed E-state index contributed by atoms with van der Waals surface area (Å²) in [7, 11) is 1.77. The van der Waals surface area contributed by atoms with E-state index in [1.54, 1.807) is 7.11 Å². The first-order valence-electron chi connectivity index (χ1n) is 7.75. The molecule has 2 rings (SSSR count). The zero-order chi connectivity index (χ0) is 14.2. The standard InChI is InChI=1S/C17H26ClNO/c1-20-11-5-4-6-14(13-19-16-9-10-16)12-15-7-2-3-8-17(15)18/h2-3,7-8,14,16,19H,4-6,9-13H2,1H3. The summed E-state index contributed by atoms with van der Waals surface area (Å²) in [4.78, 5) is 0. The molecular formula is C17H26ClNO. The molecule has 0 heterocycles. The highest BCUT2D eigenvalue weighted by molar-refractivity contribution is 6.31. The summed E-state index contributed by atoms with van der Waals surface area (Å²) < 4.78 is 5.13. The lowest BCUT2D eigenvalue weighted by molar-refractivity contribution is 0.190. The number of ether oxygens (including phenoxy) is 1. The average Bonchev–Trinajstić information content (AvgIpc) is 3.27. The van der Waals surface area contributed by atoms with Crippen LogP contribution in [0, 0.1) is 5.92 Å². The maximum atomic E-state index is 6.29. The number of benzene rings is 1. The molecule has 112 valence electrons. The molecule has 0 spiro atoms. The van der Waals surface area contributed by atoms with Crippen molar-refractivity contribution in [3.05, 3.63) is 34.9 Å². The van der Waals surface area contributed by atoms with Crippen LogP contribution in [0.5, 0.6) is 0 Å². The first kappa shape index (κ1) is 15.8. The van der Waals surface area contributed by atoms with E-state index in [-0.39, 0.29) is 0 Å². The Kier molecular flexibility index (Phi) is 6.85. The number of unbranched alkanes of at least 4 members (excludes halogenated alkanes) is 1. The second-order valence-corrected chi connectivity index (χ2v) is 6.24. The molecule has 20 heavy (non-hydrogen) atoms. The predicted molar refractivity (Wildman–Crippen MR) is 85.4 cm³/mol. The summed E-state index contributed by atoms with van der Waals surface area (Å²) in [6, 6.07) is 9.01. The van der Waals surface area contributed by atoms with Crippen molar-refractivity contribution in [2.24, 2.45) is 5.92 Å². The van der Waals surface area contributed by atoms with Gasteiger partial charge in [0.1, 0.15) is 0 Å². The molecule has 1 aliphatic carbocycles. The minimum absolute atomic E-state index is 0.673. The fourth-order valence-corrected chi connectivity index (χ4v) is 2.76. The van der Waals surface area contributed by atoms with E-state index in [0.29, 0.717) is 5.92 Å². The van der Waals surface area contributed by atoms with Crippen LogP contribution in [0.4, 0.5) is 0 Å². The molecular weight excluding hydrogens is 270 g/mol. The van der Waals surface area contributed by atoms with Crippen LogP contribution in [0.2, 0.25) is 5.02 Å². The van der Waals surface area contributed by atoms with Gasteiger partial charge in [-0.2, -0.15) is 0 Å². The maximum Gasteiger partial charge on any atom is 0.0462 e. The number of methoxy groups -OCH3 is 1. The quantitative estimate of drug-likeness (QED) is 0.657. The van der Waals surface area contributed by atoms with Crippen LogP contribution in [-0.4, -0.2) is 26.3 Å². The van der Waals surface area contributed by atoms with Gasteiger partial charge in [-0.3, -0.25) is 0 Å². The summed E-state index contributed by atoms with van der Waals surface area (Å²) in [5.41, 5.74) is 1.28. The summed E-state index contributed by atoms with van der Waals surface area (Å²) in [6.07, 6.45) is 7.40. The topological polar surface area (TPSA) is 21.3 Å². The van der Waals surface area contributed by atoms with Crippen LogP contribution in [0.3, 0.4) is 0 Å². The van der Waals surface area contributed by atoms with E-state index >= 15 is 0 Å². The Hall–Kier alpha value is -0.570. The molecule has 1 aromatic carbocycles. The van der Waals surface area contributed by atoms with Crippen molar-refractivity contribution in [2.45, 2.75) is 44.6 Å². The molecule has 3 heteroatoms. The van der Waals surface area contributed by atoms with Crippen LogP contribution in [0.1, 0.15) is 37.7 Å². The van der Waals surface area contributed by atoms with Crippen molar-refractivity contribution in [1.29, 1.82) is 0 Å². The Balaban J connectivity index is 1.81. The van der Waals surface area contributed by atoms with Crippen LogP contribution >= 0.6 is 11.6 Å². The Morgan fingerprint density at radius 2 is 2.10 bits per heavy atom. The van der Waals surface area contributed by atoms with Crippen LogP contribution in [-0.2, 0) is 11.2 Å². The minimum Gasteiger partial charge on any atom is -0.385 e. The summed E-state index contributed by atoms with van der Waals surface area (Å²) in [6.45, 7) is 1.98. The smallest absolute Gasteiger partial charge is 0.0462 e. The van der Waals surface area contributed by atoms with Gasteiger partial charge in [0.15, 0.2) is 0 Å². The van der Waals surface area contributed by atoms with Gasteiger partial charge in [-0.1, -0.05) is 36.2 Å². The van der Waals surface area contributed by atoms with Gasteiger partial charge in [-0.15, -0.1) is 0 Å². The highest BCUT2D eigenvalue weighted by atomic mass is 35.5. The van der Waals surface area contributed by atoms with Gasteiger partial charge >= 0.3 is 0 Å².